The normalized spacial score (nSPS) is 17.7. The van der Waals surface area contributed by atoms with Crippen LogP contribution < -0.4 is 14.2 Å². The van der Waals surface area contributed by atoms with Crippen molar-refractivity contribution in [3.63, 3.8) is 0 Å². The van der Waals surface area contributed by atoms with Crippen molar-refractivity contribution in [1.82, 2.24) is 0 Å². The van der Waals surface area contributed by atoms with E-state index in [0.29, 0.717) is 54.2 Å². The maximum Gasteiger partial charge on any atom is 0.417 e. The van der Waals surface area contributed by atoms with Crippen molar-refractivity contribution in [3.05, 3.63) is 75.8 Å². The molecular weight excluding hydrogens is 561 g/mol. The number of aryl methyl sites for hydroxylation is 2. The van der Waals surface area contributed by atoms with Crippen LogP contribution in [0.25, 0.3) is 11.1 Å². The number of halogens is 3. The fourth-order valence-corrected chi connectivity index (χ4v) is 6.03. The molecule has 43 heavy (non-hydrogen) atoms. The van der Waals surface area contributed by atoms with E-state index in [0.717, 1.165) is 28.3 Å². The van der Waals surface area contributed by atoms with Gasteiger partial charge in [-0.3, -0.25) is 4.79 Å². The molecule has 2 aliphatic rings. The second-order valence-corrected chi connectivity index (χ2v) is 12.0. The first-order valence-corrected chi connectivity index (χ1v) is 14.4. The smallest absolute Gasteiger partial charge is 0.417 e. The molecule has 0 radical (unpaired) electrons. The third-order valence-electron chi connectivity index (χ3n) is 8.15. The molecular formula is C34H37F3O6. The second kappa shape index (κ2) is 11.8. The Kier molecular flexibility index (Phi) is 8.40. The summed E-state index contributed by atoms with van der Waals surface area (Å²) >= 11 is 0. The van der Waals surface area contributed by atoms with E-state index in [1.807, 2.05) is 26.0 Å². The van der Waals surface area contributed by atoms with Crippen LogP contribution in [-0.2, 0) is 22.1 Å². The quantitative estimate of drug-likeness (QED) is 0.255. The highest BCUT2D eigenvalue weighted by Crippen LogP contribution is 2.48. The van der Waals surface area contributed by atoms with E-state index in [1.165, 1.54) is 13.2 Å². The predicted molar refractivity (Wildman–Crippen MR) is 156 cm³/mol. The number of esters is 1. The summed E-state index contributed by atoms with van der Waals surface area (Å²) in [6.07, 6.45) is -3.36. The van der Waals surface area contributed by atoms with Gasteiger partial charge in [-0.05, 0) is 98.2 Å². The Hall–Kier alpha value is -3.72. The Morgan fingerprint density at radius 2 is 1.74 bits per heavy atom. The second-order valence-electron chi connectivity index (χ2n) is 12.0. The van der Waals surface area contributed by atoms with E-state index in [1.54, 1.807) is 32.0 Å². The predicted octanol–water partition coefficient (Wildman–Crippen LogP) is 7.63. The molecule has 0 spiro atoms. The van der Waals surface area contributed by atoms with Gasteiger partial charge in [-0.1, -0.05) is 12.1 Å². The largest absolute Gasteiger partial charge is 0.493 e. The minimum atomic E-state index is -4.54. The Morgan fingerprint density at radius 1 is 1.05 bits per heavy atom. The summed E-state index contributed by atoms with van der Waals surface area (Å²) in [6.45, 7) is 7.70. The number of alkyl halides is 3. The van der Waals surface area contributed by atoms with Crippen molar-refractivity contribution < 1.29 is 42.0 Å². The molecule has 0 fully saturated rings. The van der Waals surface area contributed by atoms with Crippen LogP contribution in [0.3, 0.4) is 0 Å². The van der Waals surface area contributed by atoms with Crippen molar-refractivity contribution in [2.75, 3.05) is 20.3 Å². The van der Waals surface area contributed by atoms with E-state index in [4.69, 9.17) is 18.9 Å². The zero-order valence-electron chi connectivity index (χ0n) is 25.1. The van der Waals surface area contributed by atoms with Crippen LogP contribution in [0.15, 0.2) is 42.5 Å². The molecule has 0 saturated heterocycles. The molecule has 3 aromatic carbocycles. The summed E-state index contributed by atoms with van der Waals surface area (Å²) in [6, 6.07) is 11.6. The highest BCUT2D eigenvalue weighted by Gasteiger charge is 2.38. The van der Waals surface area contributed by atoms with Crippen molar-refractivity contribution >= 4 is 5.97 Å². The first-order chi connectivity index (χ1) is 20.2. The maximum atomic E-state index is 14.3. The number of fused-ring (bicyclic) bond motifs is 2. The van der Waals surface area contributed by atoms with Crippen molar-refractivity contribution in [2.24, 2.45) is 0 Å². The number of carbonyl (C=O) groups is 1. The first kappa shape index (κ1) is 30.7. The van der Waals surface area contributed by atoms with Crippen molar-refractivity contribution in [3.8, 4) is 28.4 Å². The number of carbonyl (C=O) groups excluding carboxylic acids is 1. The van der Waals surface area contributed by atoms with Gasteiger partial charge in [0.15, 0.2) is 0 Å². The molecule has 1 heterocycles. The van der Waals surface area contributed by atoms with Crippen LogP contribution in [0.2, 0.25) is 0 Å². The fourth-order valence-electron chi connectivity index (χ4n) is 6.03. The number of hydrogen-bond acceptors (Lipinski definition) is 6. The van der Waals surface area contributed by atoms with E-state index >= 15 is 0 Å². The minimum absolute atomic E-state index is 0.0997. The lowest BCUT2D eigenvalue weighted by atomic mass is 9.89. The van der Waals surface area contributed by atoms with E-state index in [9.17, 15) is 23.1 Å². The molecule has 0 aromatic heterocycles. The minimum Gasteiger partial charge on any atom is -0.493 e. The average Bonchev–Trinajstić information content (AvgIpc) is 3.52. The number of rotatable bonds is 9. The number of benzene rings is 3. The molecule has 1 aliphatic carbocycles. The third-order valence-corrected chi connectivity index (χ3v) is 8.15. The Balaban J connectivity index is 1.44. The molecule has 0 saturated carbocycles. The summed E-state index contributed by atoms with van der Waals surface area (Å²) in [5.74, 6) is 1.39. The lowest BCUT2D eigenvalue weighted by Gasteiger charge is -2.22. The SMILES string of the molecule is COC(=O)CC1COc2cc(OC3CCc4c3ccc(C(F)(F)F)c4-c3cc(C)c(OCCC(C)(C)O)c(C)c3)ccc21. The molecule has 9 heteroatoms. The molecule has 2 unspecified atom stereocenters. The number of aliphatic hydroxyl groups is 1. The number of hydrogen-bond donors (Lipinski definition) is 1. The maximum absolute atomic E-state index is 14.3. The summed E-state index contributed by atoms with van der Waals surface area (Å²) in [7, 11) is 1.35. The average molecular weight is 599 g/mol. The highest BCUT2D eigenvalue weighted by molar-refractivity contribution is 5.76. The number of methoxy groups -OCH3 is 1. The van der Waals surface area contributed by atoms with Crippen LogP contribution in [0.5, 0.6) is 17.2 Å². The Labute approximate surface area is 249 Å². The van der Waals surface area contributed by atoms with Crippen molar-refractivity contribution in [1.29, 1.82) is 0 Å². The zero-order chi connectivity index (χ0) is 31.1. The lowest BCUT2D eigenvalue weighted by Crippen LogP contribution is -2.22. The summed E-state index contributed by atoms with van der Waals surface area (Å²) in [5, 5.41) is 10.0. The molecule has 5 rings (SSSR count). The van der Waals surface area contributed by atoms with Crippen LogP contribution >= 0.6 is 0 Å². The Morgan fingerprint density at radius 3 is 2.40 bits per heavy atom. The molecule has 2 atom stereocenters. The van der Waals surface area contributed by atoms with Gasteiger partial charge in [-0.2, -0.15) is 13.2 Å². The Bertz CT molecular complexity index is 1500. The molecule has 1 aliphatic heterocycles. The van der Waals surface area contributed by atoms with Crippen LogP contribution in [0.4, 0.5) is 13.2 Å². The van der Waals surface area contributed by atoms with Gasteiger partial charge in [0.05, 0.1) is 37.9 Å². The van der Waals surface area contributed by atoms with Crippen LogP contribution in [0.1, 0.15) is 78.5 Å². The highest BCUT2D eigenvalue weighted by atomic mass is 19.4. The van der Waals surface area contributed by atoms with Gasteiger partial charge in [-0.25, -0.2) is 0 Å². The van der Waals surface area contributed by atoms with Crippen molar-refractivity contribution in [2.45, 2.75) is 77.2 Å². The lowest BCUT2D eigenvalue weighted by molar-refractivity contribution is -0.141. The molecule has 0 amide bonds. The van der Waals surface area contributed by atoms with Crippen LogP contribution in [-0.4, -0.2) is 37.0 Å². The summed E-state index contributed by atoms with van der Waals surface area (Å²) < 4.78 is 65.9. The fraction of sp³-hybridized carbons (Fsp3) is 0.441. The summed E-state index contributed by atoms with van der Waals surface area (Å²) in [4.78, 5) is 11.7. The topological polar surface area (TPSA) is 74.2 Å². The van der Waals surface area contributed by atoms with E-state index in [2.05, 4.69) is 0 Å². The zero-order valence-corrected chi connectivity index (χ0v) is 25.1. The van der Waals surface area contributed by atoms with Crippen LogP contribution in [0, 0.1) is 13.8 Å². The number of ether oxygens (including phenoxy) is 4. The molecule has 1 N–H and O–H groups in total. The molecule has 0 bridgehead atoms. The first-order valence-electron chi connectivity index (χ1n) is 14.4. The van der Waals surface area contributed by atoms with Gasteiger partial charge in [0.25, 0.3) is 0 Å². The monoisotopic (exact) mass is 598 g/mol. The van der Waals surface area contributed by atoms with Gasteiger partial charge in [-0.15, -0.1) is 0 Å². The van der Waals surface area contributed by atoms with Gasteiger partial charge >= 0.3 is 12.1 Å². The molecule has 6 nitrogen and oxygen atoms in total. The molecule has 230 valence electrons. The van der Waals surface area contributed by atoms with E-state index < -0.39 is 23.4 Å². The standard InChI is InChI=1S/C34H37F3O6/c1-19-14-21(15-20(2)32(19)41-13-12-33(3,4)39)31-26-9-11-28(25(26)8-10-27(31)34(35,36)37)43-23-6-7-24-22(16-30(38)40-5)18-42-29(24)17-23/h6-8,10,14-15,17,22,28,39H,9,11-13,16,18H2,1-5H3. The third kappa shape index (κ3) is 6.61. The van der Waals surface area contributed by atoms with E-state index in [-0.39, 0.29) is 30.5 Å². The van der Waals surface area contributed by atoms with Gasteiger partial charge in [0.1, 0.15) is 23.4 Å². The van der Waals surface area contributed by atoms with Gasteiger partial charge in [0, 0.05) is 24.0 Å². The molecule has 3 aromatic rings. The summed E-state index contributed by atoms with van der Waals surface area (Å²) in [5.41, 5.74) is 2.82. The van der Waals surface area contributed by atoms with Gasteiger partial charge in [0.2, 0.25) is 0 Å². The van der Waals surface area contributed by atoms with Gasteiger partial charge < -0.3 is 24.1 Å².